The molecule has 1 aliphatic rings. The molecule has 1 aliphatic carbocycles. The van der Waals surface area contributed by atoms with E-state index in [4.69, 9.17) is 5.73 Å². The summed E-state index contributed by atoms with van der Waals surface area (Å²) >= 11 is 0. The maximum absolute atomic E-state index is 12.4. The first kappa shape index (κ1) is 10.2. The van der Waals surface area contributed by atoms with Gasteiger partial charge in [0.1, 0.15) is 0 Å². The van der Waals surface area contributed by atoms with Gasteiger partial charge in [0.15, 0.2) is 0 Å². The first-order valence-corrected chi connectivity index (χ1v) is 4.05. The number of halogens is 3. The molecule has 2 N–H and O–H groups in total. The average molecular weight is 191 g/mol. The molecular weight excluding hydrogens is 179 g/mol. The molecule has 0 amide bonds. The molecule has 0 saturated heterocycles. The number of nitrogens with two attached hydrogens (primary N) is 1. The second-order valence-corrected chi connectivity index (χ2v) is 3.35. The van der Waals surface area contributed by atoms with Gasteiger partial charge in [-0.25, -0.2) is 0 Å². The zero-order valence-electron chi connectivity index (χ0n) is 7.52. The molecule has 0 heterocycles. The van der Waals surface area contributed by atoms with Crippen LogP contribution in [0.1, 0.15) is 13.8 Å². The van der Waals surface area contributed by atoms with Crippen molar-refractivity contribution in [3.05, 3.63) is 23.4 Å². The minimum atomic E-state index is -4.17. The first-order chi connectivity index (χ1) is 5.84. The van der Waals surface area contributed by atoms with E-state index < -0.39 is 18.0 Å². The maximum Gasteiger partial charge on any atom is 0.395 e. The number of alkyl halides is 3. The van der Waals surface area contributed by atoms with Gasteiger partial charge >= 0.3 is 6.18 Å². The van der Waals surface area contributed by atoms with E-state index in [2.05, 4.69) is 0 Å². The van der Waals surface area contributed by atoms with Gasteiger partial charge in [-0.15, -0.1) is 0 Å². The highest BCUT2D eigenvalue weighted by Gasteiger charge is 2.43. The molecule has 0 aromatic heterocycles. The third-order valence-electron chi connectivity index (χ3n) is 2.54. The molecule has 0 saturated carbocycles. The summed E-state index contributed by atoms with van der Waals surface area (Å²) in [5.41, 5.74) is 6.57. The Balaban J connectivity index is 2.94. The molecule has 0 bridgehead atoms. The summed E-state index contributed by atoms with van der Waals surface area (Å²) in [6.45, 7) is 3.19. The lowest BCUT2D eigenvalue weighted by Gasteiger charge is -2.28. The summed E-state index contributed by atoms with van der Waals surface area (Å²) in [5.74, 6) is -1.94. The molecular formula is C9H12F3N. The molecule has 0 aromatic carbocycles. The summed E-state index contributed by atoms with van der Waals surface area (Å²) in [5, 5.41) is 0. The highest BCUT2D eigenvalue weighted by Crippen LogP contribution is 2.39. The van der Waals surface area contributed by atoms with Crippen LogP contribution in [0.15, 0.2) is 23.4 Å². The van der Waals surface area contributed by atoms with Gasteiger partial charge in [-0.1, -0.05) is 13.0 Å². The first-order valence-electron chi connectivity index (χ1n) is 4.05. The van der Waals surface area contributed by atoms with Gasteiger partial charge in [0.05, 0.1) is 5.92 Å². The molecule has 0 fully saturated rings. The molecule has 0 aliphatic heterocycles. The van der Waals surface area contributed by atoms with Gasteiger partial charge < -0.3 is 5.73 Å². The summed E-state index contributed by atoms with van der Waals surface area (Å²) in [6, 6.07) is 0. The fraction of sp³-hybridized carbons (Fsp3) is 0.556. The third-order valence-corrected chi connectivity index (χ3v) is 2.54. The van der Waals surface area contributed by atoms with Crippen LogP contribution in [0, 0.1) is 11.8 Å². The third kappa shape index (κ3) is 1.87. The van der Waals surface area contributed by atoms with Crippen molar-refractivity contribution in [2.75, 3.05) is 0 Å². The highest BCUT2D eigenvalue weighted by atomic mass is 19.4. The zero-order valence-corrected chi connectivity index (χ0v) is 7.52. The fourth-order valence-corrected chi connectivity index (χ4v) is 1.43. The normalized spacial score (nSPS) is 29.6. The average Bonchev–Trinajstić information content (AvgIpc) is 1.98. The van der Waals surface area contributed by atoms with Crippen molar-refractivity contribution in [2.45, 2.75) is 20.0 Å². The quantitative estimate of drug-likeness (QED) is 0.625. The molecule has 0 spiro atoms. The highest BCUT2D eigenvalue weighted by molar-refractivity contribution is 5.29. The van der Waals surface area contributed by atoms with Crippen LogP contribution in [-0.2, 0) is 0 Å². The van der Waals surface area contributed by atoms with Crippen LogP contribution >= 0.6 is 0 Å². The number of hydrogen-bond acceptors (Lipinski definition) is 1. The van der Waals surface area contributed by atoms with E-state index in [0.717, 1.165) is 6.08 Å². The predicted octanol–water partition coefficient (Wildman–Crippen LogP) is 2.60. The van der Waals surface area contributed by atoms with Crippen LogP contribution in [0.5, 0.6) is 0 Å². The lowest BCUT2D eigenvalue weighted by atomic mass is 9.83. The molecule has 0 aromatic rings. The largest absolute Gasteiger partial charge is 0.399 e. The molecule has 1 rings (SSSR count). The van der Waals surface area contributed by atoms with E-state index in [-0.39, 0.29) is 0 Å². The SMILES string of the molecule is CC1=C(N)C=CC(C(F)(F)F)C1C. The molecule has 4 heteroatoms. The summed E-state index contributed by atoms with van der Waals surface area (Å²) in [7, 11) is 0. The molecule has 13 heavy (non-hydrogen) atoms. The van der Waals surface area contributed by atoms with E-state index in [0.29, 0.717) is 11.3 Å². The Morgan fingerprint density at radius 2 is 1.92 bits per heavy atom. The summed E-state index contributed by atoms with van der Waals surface area (Å²) in [6.07, 6.45) is -1.70. The van der Waals surface area contributed by atoms with Crippen molar-refractivity contribution in [2.24, 2.45) is 17.6 Å². The summed E-state index contributed by atoms with van der Waals surface area (Å²) in [4.78, 5) is 0. The van der Waals surface area contributed by atoms with Crippen LogP contribution in [0.3, 0.4) is 0 Å². The second-order valence-electron chi connectivity index (χ2n) is 3.35. The molecule has 0 radical (unpaired) electrons. The summed E-state index contributed by atoms with van der Waals surface area (Å²) < 4.78 is 37.1. The standard InChI is InChI=1S/C9H12F3N/c1-5-6(2)8(13)4-3-7(5)9(10,11)12/h3-5,7H,13H2,1-2H3. The number of hydrogen-bond donors (Lipinski definition) is 1. The van der Waals surface area contributed by atoms with Crippen molar-refractivity contribution < 1.29 is 13.2 Å². The van der Waals surface area contributed by atoms with Gasteiger partial charge in [0, 0.05) is 5.70 Å². The smallest absolute Gasteiger partial charge is 0.395 e. The lowest BCUT2D eigenvalue weighted by molar-refractivity contribution is -0.170. The van der Waals surface area contributed by atoms with E-state index in [1.807, 2.05) is 0 Å². The van der Waals surface area contributed by atoms with Crippen molar-refractivity contribution in [1.29, 1.82) is 0 Å². The van der Waals surface area contributed by atoms with Crippen molar-refractivity contribution in [1.82, 2.24) is 0 Å². The van der Waals surface area contributed by atoms with Crippen molar-refractivity contribution in [3.63, 3.8) is 0 Å². The van der Waals surface area contributed by atoms with Gasteiger partial charge in [-0.2, -0.15) is 13.2 Å². The van der Waals surface area contributed by atoms with E-state index in [1.165, 1.54) is 6.08 Å². The Bertz CT molecular complexity index is 263. The molecule has 2 unspecified atom stereocenters. The Kier molecular flexibility index (Phi) is 2.41. The van der Waals surface area contributed by atoms with Crippen LogP contribution in [0.2, 0.25) is 0 Å². The van der Waals surface area contributed by atoms with Crippen LogP contribution in [0.25, 0.3) is 0 Å². The number of allylic oxidation sites excluding steroid dienone is 3. The topological polar surface area (TPSA) is 26.0 Å². The minimum Gasteiger partial charge on any atom is -0.399 e. The monoisotopic (exact) mass is 191 g/mol. The predicted molar refractivity (Wildman–Crippen MR) is 44.7 cm³/mol. The molecule has 1 nitrogen and oxygen atoms in total. The Morgan fingerprint density at radius 3 is 2.38 bits per heavy atom. The number of rotatable bonds is 0. The zero-order chi connectivity index (χ0) is 10.2. The van der Waals surface area contributed by atoms with E-state index in [1.54, 1.807) is 13.8 Å². The second kappa shape index (κ2) is 3.09. The minimum absolute atomic E-state index is 0.452. The van der Waals surface area contributed by atoms with Gasteiger partial charge in [-0.05, 0) is 24.5 Å². The van der Waals surface area contributed by atoms with Crippen molar-refractivity contribution in [3.8, 4) is 0 Å². The lowest BCUT2D eigenvalue weighted by Crippen LogP contribution is -2.30. The van der Waals surface area contributed by atoms with Crippen molar-refractivity contribution >= 4 is 0 Å². The molecule has 2 atom stereocenters. The fourth-order valence-electron chi connectivity index (χ4n) is 1.43. The Morgan fingerprint density at radius 1 is 1.38 bits per heavy atom. The molecule has 74 valence electrons. The maximum atomic E-state index is 12.4. The van der Waals surface area contributed by atoms with Gasteiger partial charge in [-0.3, -0.25) is 0 Å². The Labute approximate surface area is 75.1 Å². The van der Waals surface area contributed by atoms with Gasteiger partial charge in [0.25, 0.3) is 0 Å². The van der Waals surface area contributed by atoms with Crippen LogP contribution in [0.4, 0.5) is 13.2 Å². The van der Waals surface area contributed by atoms with Crippen LogP contribution in [-0.4, -0.2) is 6.18 Å². The van der Waals surface area contributed by atoms with E-state index >= 15 is 0 Å². The van der Waals surface area contributed by atoms with E-state index in [9.17, 15) is 13.2 Å². The van der Waals surface area contributed by atoms with Crippen LogP contribution < -0.4 is 5.73 Å². The Hall–Kier alpha value is -0.930. The van der Waals surface area contributed by atoms with Gasteiger partial charge in [0.2, 0.25) is 0 Å².